The van der Waals surface area contributed by atoms with Crippen molar-refractivity contribution in [3.63, 3.8) is 0 Å². The van der Waals surface area contributed by atoms with Gasteiger partial charge in [-0.25, -0.2) is 0 Å². The Balaban J connectivity index is 1.55. The van der Waals surface area contributed by atoms with Crippen LogP contribution in [0.2, 0.25) is 0 Å². The molecule has 2 aliphatic rings. The number of nitrogens with one attached hydrogen (secondary N) is 2. The number of aryl methyl sites for hydroxylation is 1. The van der Waals surface area contributed by atoms with Crippen molar-refractivity contribution >= 4 is 29.7 Å². The smallest absolute Gasteiger partial charge is 0.358 e. The molecule has 0 unspecified atom stereocenters. The number of H-pyrrole nitrogens is 1. The number of allylic oxidation sites excluding steroid dienone is 2. The number of benzene rings is 1. The van der Waals surface area contributed by atoms with Crippen LogP contribution in [-0.2, 0) is 16.7 Å². The first kappa shape index (κ1) is 28.8. The van der Waals surface area contributed by atoms with Crippen molar-refractivity contribution in [2.24, 2.45) is 0 Å². The molecule has 1 aromatic carbocycles. The Morgan fingerprint density at radius 3 is 2.46 bits per heavy atom. The van der Waals surface area contributed by atoms with Crippen LogP contribution in [0.15, 0.2) is 53.3 Å². The third-order valence-electron chi connectivity index (χ3n) is 7.12. The molecule has 4 rings (SSSR count). The fourth-order valence-electron chi connectivity index (χ4n) is 4.90. The number of aromatic amines is 1. The van der Waals surface area contributed by atoms with E-state index in [0.717, 1.165) is 30.4 Å². The number of hydrogen-bond donors (Lipinski definition) is 2. The molecule has 208 valence electrons. The summed E-state index contributed by atoms with van der Waals surface area (Å²) in [5.41, 5.74) is 4.23. The summed E-state index contributed by atoms with van der Waals surface area (Å²) in [6.45, 7) is 8.53. The molecule has 0 bridgehead atoms. The van der Waals surface area contributed by atoms with E-state index in [1.54, 1.807) is 18.2 Å². The molecule has 3 heterocycles. The number of carbonyl (C=O) groups excluding carboxylic acids is 2. The third-order valence-corrected chi connectivity index (χ3v) is 8.03. The summed E-state index contributed by atoms with van der Waals surface area (Å²) in [6.07, 6.45) is 1.01. The van der Waals surface area contributed by atoms with Gasteiger partial charge in [-0.05, 0) is 51.1 Å². The Kier molecular flexibility index (Phi) is 8.76. The zero-order chi connectivity index (χ0) is 28.3. The SMILES string of the molecule is C/C=C1/NC(=O)C(=C\c2[nH]c(C)c(C(=O)N3CCN(C)CC3)c2C)/C1=C/CSCc1ccccc1C(F)(F)F. The number of thioether (sulfide) groups is 1. The second-order valence-corrected chi connectivity index (χ2v) is 10.8. The summed E-state index contributed by atoms with van der Waals surface area (Å²) in [6, 6.07) is 5.57. The summed E-state index contributed by atoms with van der Waals surface area (Å²) < 4.78 is 40.0. The van der Waals surface area contributed by atoms with E-state index in [9.17, 15) is 22.8 Å². The molecule has 2 N–H and O–H groups in total. The second-order valence-electron chi connectivity index (χ2n) is 9.76. The zero-order valence-electron chi connectivity index (χ0n) is 22.5. The molecule has 6 nitrogen and oxygen atoms in total. The molecule has 2 saturated heterocycles. The lowest BCUT2D eigenvalue weighted by atomic mass is 10.0. The van der Waals surface area contributed by atoms with Gasteiger partial charge in [0, 0.05) is 60.3 Å². The molecule has 2 aromatic rings. The van der Waals surface area contributed by atoms with Crippen LogP contribution in [-0.4, -0.2) is 65.6 Å². The summed E-state index contributed by atoms with van der Waals surface area (Å²) in [4.78, 5) is 33.5. The van der Waals surface area contributed by atoms with E-state index in [-0.39, 0.29) is 23.1 Å². The van der Waals surface area contributed by atoms with Gasteiger partial charge in [0.05, 0.1) is 16.7 Å². The van der Waals surface area contributed by atoms with Crippen molar-refractivity contribution in [2.75, 3.05) is 39.0 Å². The highest BCUT2D eigenvalue weighted by Gasteiger charge is 2.33. The largest absolute Gasteiger partial charge is 0.416 e. The highest BCUT2D eigenvalue weighted by atomic mass is 32.2. The fraction of sp³-hybridized carbons (Fsp3) is 0.379. The van der Waals surface area contributed by atoms with Crippen LogP contribution in [0.25, 0.3) is 6.08 Å². The number of rotatable bonds is 6. The van der Waals surface area contributed by atoms with Gasteiger partial charge in [0.25, 0.3) is 11.8 Å². The predicted molar refractivity (Wildman–Crippen MR) is 149 cm³/mol. The average molecular weight is 559 g/mol. The molecule has 10 heteroatoms. The molecule has 2 fully saturated rings. The molecule has 0 radical (unpaired) electrons. The Morgan fingerprint density at radius 2 is 1.79 bits per heavy atom. The van der Waals surface area contributed by atoms with E-state index >= 15 is 0 Å². The maximum atomic E-state index is 13.3. The highest BCUT2D eigenvalue weighted by molar-refractivity contribution is 7.98. The number of alkyl halides is 3. The normalized spacial score (nSPS) is 19.9. The number of aromatic nitrogens is 1. The summed E-state index contributed by atoms with van der Waals surface area (Å²) >= 11 is 1.34. The minimum absolute atomic E-state index is 0.0182. The van der Waals surface area contributed by atoms with Gasteiger partial charge in [-0.1, -0.05) is 30.4 Å². The van der Waals surface area contributed by atoms with Crippen molar-refractivity contribution in [3.8, 4) is 0 Å². The van der Waals surface area contributed by atoms with E-state index in [1.807, 2.05) is 38.8 Å². The van der Waals surface area contributed by atoms with E-state index in [0.29, 0.717) is 46.9 Å². The van der Waals surface area contributed by atoms with E-state index < -0.39 is 11.7 Å². The maximum Gasteiger partial charge on any atom is 0.416 e. The molecule has 39 heavy (non-hydrogen) atoms. The van der Waals surface area contributed by atoms with Crippen molar-refractivity contribution in [2.45, 2.75) is 32.7 Å². The number of halogens is 3. The molecule has 0 spiro atoms. The quantitative estimate of drug-likeness (QED) is 0.372. The average Bonchev–Trinajstić information content (AvgIpc) is 3.35. The lowest BCUT2D eigenvalue weighted by molar-refractivity contribution is -0.138. The molecule has 2 aliphatic heterocycles. The fourth-order valence-corrected chi connectivity index (χ4v) is 5.77. The molecular formula is C29H33F3N4O2S. The van der Waals surface area contributed by atoms with Crippen molar-refractivity contribution in [1.29, 1.82) is 0 Å². The highest BCUT2D eigenvalue weighted by Crippen LogP contribution is 2.34. The van der Waals surface area contributed by atoms with Gasteiger partial charge in [-0.15, -0.1) is 0 Å². The lowest BCUT2D eigenvalue weighted by Crippen LogP contribution is -2.47. The standard InChI is InChI=1S/C29H33F3N4O2S/c1-5-24-21(10-15-39-17-20-8-6-7-9-23(20)29(30,31)32)22(27(37)34-24)16-25-18(2)26(19(3)33-25)28(38)36-13-11-35(4)12-14-36/h5-10,16,33H,11-15,17H2,1-4H3,(H,34,37)/b21-10-,22-16-,24-5+. The molecule has 2 amide bonds. The van der Waals surface area contributed by atoms with Crippen LogP contribution in [0, 0.1) is 13.8 Å². The minimum Gasteiger partial charge on any atom is -0.358 e. The van der Waals surface area contributed by atoms with E-state index in [4.69, 9.17) is 0 Å². The summed E-state index contributed by atoms with van der Waals surface area (Å²) in [5.74, 6) is 0.328. The maximum absolute atomic E-state index is 13.3. The van der Waals surface area contributed by atoms with Crippen LogP contribution < -0.4 is 5.32 Å². The second kappa shape index (κ2) is 11.9. The van der Waals surface area contributed by atoms with Gasteiger partial charge in [0.15, 0.2) is 0 Å². The summed E-state index contributed by atoms with van der Waals surface area (Å²) in [7, 11) is 2.04. The Hall–Kier alpha value is -3.24. The monoisotopic (exact) mass is 558 g/mol. The first-order valence-corrected chi connectivity index (χ1v) is 14.0. The Bertz CT molecular complexity index is 1350. The third kappa shape index (κ3) is 6.33. The van der Waals surface area contributed by atoms with E-state index in [1.165, 1.54) is 23.9 Å². The first-order chi connectivity index (χ1) is 18.5. The van der Waals surface area contributed by atoms with Crippen LogP contribution in [0.5, 0.6) is 0 Å². The van der Waals surface area contributed by atoms with Crippen molar-refractivity contribution < 1.29 is 22.8 Å². The molecular weight excluding hydrogens is 525 g/mol. The molecule has 1 aromatic heterocycles. The summed E-state index contributed by atoms with van der Waals surface area (Å²) in [5, 5.41) is 2.86. The number of amides is 2. The van der Waals surface area contributed by atoms with Crippen LogP contribution in [0.1, 0.15) is 45.4 Å². The lowest BCUT2D eigenvalue weighted by Gasteiger charge is -2.32. The van der Waals surface area contributed by atoms with Crippen molar-refractivity contribution in [3.05, 3.63) is 86.9 Å². The Morgan fingerprint density at radius 1 is 1.10 bits per heavy atom. The zero-order valence-corrected chi connectivity index (χ0v) is 23.4. The van der Waals surface area contributed by atoms with Gasteiger partial charge in [-0.3, -0.25) is 9.59 Å². The van der Waals surface area contributed by atoms with Gasteiger partial charge in [0.2, 0.25) is 0 Å². The molecule has 0 atom stereocenters. The Labute approximate surface area is 231 Å². The predicted octanol–water partition coefficient (Wildman–Crippen LogP) is 5.31. The van der Waals surface area contributed by atoms with Gasteiger partial charge in [0.1, 0.15) is 0 Å². The van der Waals surface area contributed by atoms with Gasteiger partial charge >= 0.3 is 6.18 Å². The number of carbonyl (C=O) groups is 2. The number of nitrogens with zero attached hydrogens (tertiary/aromatic N) is 2. The topological polar surface area (TPSA) is 68.4 Å². The number of hydrogen-bond acceptors (Lipinski definition) is 4. The van der Waals surface area contributed by atoms with Gasteiger partial charge < -0.3 is 20.1 Å². The first-order valence-electron chi connectivity index (χ1n) is 12.8. The van der Waals surface area contributed by atoms with Crippen LogP contribution >= 0.6 is 11.8 Å². The van der Waals surface area contributed by atoms with E-state index in [2.05, 4.69) is 15.2 Å². The van der Waals surface area contributed by atoms with Crippen LogP contribution in [0.4, 0.5) is 13.2 Å². The van der Waals surface area contributed by atoms with Crippen LogP contribution in [0.3, 0.4) is 0 Å². The number of piperazine rings is 1. The minimum atomic E-state index is -4.40. The van der Waals surface area contributed by atoms with Crippen molar-refractivity contribution in [1.82, 2.24) is 20.1 Å². The van der Waals surface area contributed by atoms with Gasteiger partial charge in [-0.2, -0.15) is 24.9 Å². The molecule has 0 saturated carbocycles. The molecule has 0 aliphatic carbocycles. The number of likely N-dealkylation sites (N-methyl/N-ethyl adjacent to an activating group) is 1.